The first-order chi connectivity index (χ1) is 7.22. The van der Waals surface area contributed by atoms with E-state index in [9.17, 15) is 0 Å². The SMILES string of the molecule is Cc1cccc2c1OC(CC#N)C(C)N2. The van der Waals surface area contributed by atoms with Gasteiger partial charge in [0.2, 0.25) is 0 Å². The zero-order valence-electron chi connectivity index (χ0n) is 8.95. The van der Waals surface area contributed by atoms with E-state index in [2.05, 4.69) is 11.4 Å². The van der Waals surface area contributed by atoms with Crippen LogP contribution in [0.25, 0.3) is 0 Å². The summed E-state index contributed by atoms with van der Waals surface area (Å²) in [6.07, 6.45) is 0.366. The first-order valence-electron chi connectivity index (χ1n) is 5.12. The Morgan fingerprint density at radius 2 is 2.33 bits per heavy atom. The molecule has 3 heteroatoms. The molecule has 0 aromatic heterocycles. The van der Waals surface area contributed by atoms with Crippen molar-refractivity contribution < 1.29 is 4.74 Å². The Labute approximate surface area is 89.7 Å². The minimum Gasteiger partial charge on any atom is -0.485 e. The third-order valence-electron chi connectivity index (χ3n) is 2.71. The number of benzene rings is 1. The number of ether oxygens (including phenoxy) is 1. The Hall–Kier alpha value is -1.69. The first kappa shape index (κ1) is 9.85. The molecule has 2 atom stereocenters. The molecular formula is C12H14N2O. The van der Waals surface area contributed by atoms with Gasteiger partial charge in [-0.2, -0.15) is 5.26 Å². The number of para-hydroxylation sites is 1. The van der Waals surface area contributed by atoms with Gasteiger partial charge < -0.3 is 10.1 Å². The summed E-state index contributed by atoms with van der Waals surface area (Å²) in [7, 11) is 0. The van der Waals surface area contributed by atoms with Crippen LogP contribution in [-0.4, -0.2) is 12.1 Å². The summed E-state index contributed by atoms with van der Waals surface area (Å²) in [4.78, 5) is 0. The summed E-state index contributed by atoms with van der Waals surface area (Å²) in [6.45, 7) is 4.05. The summed E-state index contributed by atoms with van der Waals surface area (Å²) < 4.78 is 5.83. The van der Waals surface area contributed by atoms with Crippen molar-refractivity contribution >= 4 is 5.69 Å². The van der Waals surface area contributed by atoms with E-state index in [-0.39, 0.29) is 12.1 Å². The minimum atomic E-state index is -0.0522. The first-order valence-corrected chi connectivity index (χ1v) is 5.12. The van der Waals surface area contributed by atoms with Gasteiger partial charge in [0.1, 0.15) is 11.9 Å². The lowest BCUT2D eigenvalue weighted by atomic mass is 10.1. The molecule has 15 heavy (non-hydrogen) atoms. The van der Waals surface area contributed by atoms with Crippen LogP contribution in [0.15, 0.2) is 18.2 Å². The molecule has 0 saturated carbocycles. The molecule has 0 aliphatic carbocycles. The Kier molecular flexibility index (Phi) is 2.51. The van der Waals surface area contributed by atoms with Gasteiger partial charge in [0.25, 0.3) is 0 Å². The number of hydrogen-bond donors (Lipinski definition) is 1. The van der Waals surface area contributed by atoms with E-state index >= 15 is 0 Å². The highest BCUT2D eigenvalue weighted by Gasteiger charge is 2.26. The Morgan fingerprint density at radius 1 is 1.53 bits per heavy atom. The lowest BCUT2D eigenvalue weighted by molar-refractivity contribution is 0.178. The summed E-state index contributed by atoms with van der Waals surface area (Å²) in [5.74, 6) is 0.885. The fourth-order valence-electron chi connectivity index (χ4n) is 1.82. The molecule has 1 aliphatic rings. The Morgan fingerprint density at radius 3 is 3.07 bits per heavy atom. The third-order valence-corrected chi connectivity index (χ3v) is 2.71. The molecule has 0 fully saturated rings. The molecule has 0 bridgehead atoms. The van der Waals surface area contributed by atoms with Gasteiger partial charge in [-0.15, -0.1) is 0 Å². The van der Waals surface area contributed by atoms with Crippen LogP contribution in [0, 0.1) is 18.3 Å². The lowest BCUT2D eigenvalue weighted by Gasteiger charge is -2.32. The summed E-state index contributed by atoms with van der Waals surface area (Å²) in [5, 5.41) is 12.1. The van der Waals surface area contributed by atoms with E-state index in [0.717, 1.165) is 17.0 Å². The van der Waals surface area contributed by atoms with Gasteiger partial charge in [-0.1, -0.05) is 12.1 Å². The fraction of sp³-hybridized carbons (Fsp3) is 0.417. The molecule has 0 radical (unpaired) electrons. The van der Waals surface area contributed by atoms with Crippen LogP contribution >= 0.6 is 0 Å². The molecule has 0 amide bonds. The van der Waals surface area contributed by atoms with Crippen molar-refractivity contribution in [2.24, 2.45) is 0 Å². The van der Waals surface area contributed by atoms with E-state index in [1.807, 2.05) is 32.0 Å². The van der Waals surface area contributed by atoms with Crippen molar-refractivity contribution in [3.63, 3.8) is 0 Å². The topological polar surface area (TPSA) is 45.0 Å². The Bertz CT molecular complexity index is 409. The number of aryl methyl sites for hydroxylation is 1. The van der Waals surface area contributed by atoms with Crippen LogP contribution in [0.4, 0.5) is 5.69 Å². The largest absolute Gasteiger partial charge is 0.485 e. The molecule has 1 aromatic rings. The zero-order chi connectivity index (χ0) is 10.8. The van der Waals surface area contributed by atoms with E-state index in [0.29, 0.717) is 6.42 Å². The quantitative estimate of drug-likeness (QED) is 0.760. The smallest absolute Gasteiger partial charge is 0.145 e. The van der Waals surface area contributed by atoms with Gasteiger partial charge in [0.15, 0.2) is 0 Å². The van der Waals surface area contributed by atoms with Crippen molar-refractivity contribution in [1.29, 1.82) is 5.26 Å². The van der Waals surface area contributed by atoms with Crippen molar-refractivity contribution in [2.45, 2.75) is 32.4 Å². The maximum Gasteiger partial charge on any atom is 0.145 e. The maximum absolute atomic E-state index is 8.70. The van der Waals surface area contributed by atoms with Gasteiger partial charge in [-0.3, -0.25) is 0 Å². The van der Waals surface area contributed by atoms with Crippen LogP contribution in [0.3, 0.4) is 0 Å². The molecule has 2 rings (SSSR count). The molecule has 2 unspecified atom stereocenters. The van der Waals surface area contributed by atoms with Crippen LogP contribution in [0.5, 0.6) is 5.75 Å². The molecule has 0 spiro atoms. The molecule has 78 valence electrons. The number of nitriles is 1. The van der Waals surface area contributed by atoms with Crippen LogP contribution in [-0.2, 0) is 0 Å². The summed E-state index contributed by atoms with van der Waals surface area (Å²) in [5.41, 5.74) is 2.13. The summed E-state index contributed by atoms with van der Waals surface area (Å²) in [6, 6.07) is 8.35. The van der Waals surface area contributed by atoms with Gasteiger partial charge >= 0.3 is 0 Å². The molecular weight excluding hydrogens is 188 g/mol. The normalized spacial score (nSPS) is 23.3. The number of nitrogens with one attached hydrogen (secondary N) is 1. The lowest BCUT2D eigenvalue weighted by Crippen LogP contribution is -2.39. The van der Waals surface area contributed by atoms with Gasteiger partial charge in [-0.25, -0.2) is 0 Å². The van der Waals surface area contributed by atoms with Gasteiger partial charge in [-0.05, 0) is 25.5 Å². The van der Waals surface area contributed by atoms with E-state index in [4.69, 9.17) is 10.00 Å². The fourth-order valence-corrected chi connectivity index (χ4v) is 1.82. The molecule has 3 nitrogen and oxygen atoms in total. The van der Waals surface area contributed by atoms with Crippen molar-refractivity contribution in [1.82, 2.24) is 0 Å². The van der Waals surface area contributed by atoms with Gasteiger partial charge in [0, 0.05) is 0 Å². The van der Waals surface area contributed by atoms with Crippen molar-refractivity contribution in [2.75, 3.05) is 5.32 Å². The van der Waals surface area contributed by atoms with E-state index in [1.54, 1.807) is 0 Å². The predicted octanol–water partition coefficient (Wildman–Crippen LogP) is 2.47. The second kappa shape index (κ2) is 3.82. The standard InChI is InChI=1S/C12H14N2O/c1-8-4-3-5-10-12(8)15-11(6-7-13)9(2)14-10/h3-5,9,11,14H,6H2,1-2H3. The van der Waals surface area contributed by atoms with Crippen molar-refractivity contribution in [3.05, 3.63) is 23.8 Å². The van der Waals surface area contributed by atoms with Crippen molar-refractivity contribution in [3.8, 4) is 11.8 Å². The molecule has 1 aliphatic heterocycles. The average molecular weight is 202 g/mol. The second-order valence-electron chi connectivity index (χ2n) is 3.90. The van der Waals surface area contributed by atoms with Crippen LogP contribution < -0.4 is 10.1 Å². The average Bonchev–Trinajstić information content (AvgIpc) is 2.21. The highest BCUT2D eigenvalue weighted by Crippen LogP contribution is 2.34. The van der Waals surface area contributed by atoms with Crippen LogP contribution in [0.1, 0.15) is 18.9 Å². The maximum atomic E-state index is 8.70. The molecule has 0 saturated heterocycles. The molecule has 1 aromatic carbocycles. The van der Waals surface area contributed by atoms with Gasteiger partial charge in [0.05, 0.1) is 24.2 Å². The third kappa shape index (κ3) is 1.75. The summed E-state index contributed by atoms with van der Waals surface area (Å²) >= 11 is 0. The molecule has 1 heterocycles. The minimum absolute atomic E-state index is 0.0522. The second-order valence-corrected chi connectivity index (χ2v) is 3.90. The zero-order valence-corrected chi connectivity index (χ0v) is 8.95. The highest BCUT2D eigenvalue weighted by molar-refractivity contribution is 5.62. The monoisotopic (exact) mass is 202 g/mol. The number of nitrogens with zero attached hydrogens (tertiary/aromatic N) is 1. The number of fused-ring (bicyclic) bond motifs is 1. The van der Waals surface area contributed by atoms with E-state index in [1.165, 1.54) is 0 Å². The molecule has 1 N–H and O–H groups in total. The highest BCUT2D eigenvalue weighted by atomic mass is 16.5. The van der Waals surface area contributed by atoms with Crippen LogP contribution in [0.2, 0.25) is 0 Å². The predicted molar refractivity (Wildman–Crippen MR) is 58.9 cm³/mol. The number of hydrogen-bond acceptors (Lipinski definition) is 3. The van der Waals surface area contributed by atoms with E-state index < -0.39 is 0 Å². The Balaban J connectivity index is 2.31. The number of anilines is 1. The number of rotatable bonds is 1.